The predicted octanol–water partition coefficient (Wildman–Crippen LogP) is 2.02. The molecule has 2 heterocycles. The molecule has 2 aliphatic heterocycles. The Labute approximate surface area is 106 Å². The molecule has 3 nitrogen and oxygen atoms in total. The van der Waals surface area contributed by atoms with E-state index in [1.165, 1.54) is 45.1 Å². The quantitative estimate of drug-likeness (QED) is 0.813. The molecule has 17 heavy (non-hydrogen) atoms. The van der Waals surface area contributed by atoms with Crippen LogP contribution in [0.1, 0.15) is 45.4 Å². The molecule has 0 aliphatic carbocycles. The van der Waals surface area contributed by atoms with Crippen molar-refractivity contribution in [1.29, 1.82) is 0 Å². The van der Waals surface area contributed by atoms with Crippen LogP contribution in [0.4, 0.5) is 0 Å². The van der Waals surface area contributed by atoms with Gasteiger partial charge in [0.15, 0.2) is 0 Å². The Morgan fingerprint density at radius 3 is 2.94 bits per heavy atom. The molecule has 2 fully saturated rings. The number of nitrogens with zero attached hydrogens (tertiary/aromatic N) is 1. The fraction of sp³-hybridized carbons (Fsp3) is 1.00. The van der Waals surface area contributed by atoms with Gasteiger partial charge in [0, 0.05) is 19.2 Å². The average Bonchev–Trinajstić information content (AvgIpc) is 2.32. The second-order valence-corrected chi connectivity index (χ2v) is 6.00. The zero-order valence-electron chi connectivity index (χ0n) is 11.5. The van der Waals surface area contributed by atoms with E-state index in [-0.39, 0.29) is 5.60 Å². The van der Waals surface area contributed by atoms with E-state index in [1.54, 1.807) is 0 Å². The van der Waals surface area contributed by atoms with E-state index in [0.717, 1.165) is 25.7 Å². The number of ether oxygens (including phenoxy) is 1. The maximum Gasteiger partial charge on any atom is 0.0778 e. The van der Waals surface area contributed by atoms with Crippen LogP contribution in [0.25, 0.3) is 0 Å². The van der Waals surface area contributed by atoms with Crippen molar-refractivity contribution in [3.63, 3.8) is 0 Å². The summed E-state index contributed by atoms with van der Waals surface area (Å²) in [5, 5.41) is 3.44. The first-order valence-electron chi connectivity index (χ1n) is 7.25. The number of likely N-dealkylation sites (tertiary alicyclic amines) is 1. The molecular formula is C14H28N2O. The van der Waals surface area contributed by atoms with E-state index in [2.05, 4.69) is 24.2 Å². The Bertz CT molecular complexity index is 226. The van der Waals surface area contributed by atoms with Crippen LogP contribution in [0.5, 0.6) is 0 Å². The molecule has 0 saturated carbocycles. The van der Waals surface area contributed by atoms with E-state index in [0.29, 0.717) is 0 Å². The smallest absolute Gasteiger partial charge is 0.0778 e. The van der Waals surface area contributed by atoms with Gasteiger partial charge in [0.05, 0.1) is 5.60 Å². The first-order chi connectivity index (χ1) is 8.20. The highest BCUT2D eigenvalue weighted by atomic mass is 16.5. The monoisotopic (exact) mass is 240 g/mol. The summed E-state index contributed by atoms with van der Waals surface area (Å²) < 4.78 is 6.13. The van der Waals surface area contributed by atoms with E-state index in [9.17, 15) is 0 Å². The maximum absolute atomic E-state index is 6.13. The molecule has 0 radical (unpaired) electrons. The second-order valence-electron chi connectivity index (χ2n) is 6.00. The first kappa shape index (κ1) is 13.3. The summed E-state index contributed by atoms with van der Waals surface area (Å²) in [6.07, 6.45) is 7.78. The number of piperidine rings is 2. The third-order valence-corrected chi connectivity index (χ3v) is 4.38. The lowest BCUT2D eigenvalue weighted by molar-refractivity contribution is -0.0541. The van der Waals surface area contributed by atoms with E-state index >= 15 is 0 Å². The average molecular weight is 240 g/mol. The molecule has 1 N–H and O–H groups in total. The maximum atomic E-state index is 6.13. The lowest BCUT2D eigenvalue weighted by Gasteiger charge is -2.36. The van der Waals surface area contributed by atoms with Gasteiger partial charge >= 0.3 is 0 Å². The van der Waals surface area contributed by atoms with Crippen molar-refractivity contribution in [2.45, 2.75) is 57.1 Å². The first-order valence-corrected chi connectivity index (χ1v) is 7.25. The minimum Gasteiger partial charge on any atom is -0.374 e. The van der Waals surface area contributed by atoms with Crippen molar-refractivity contribution < 1.29 is 4.74 Å². The van der Waals surface area contributed by atoms with Crippen molar-refractivity contribution >= 4 is 0 Å². The van der Waals surface area contributed by atoms with Crippen molar-refractivity contribution in [2.24, 2.45) is 0 Å². The van der Waals surface area contributed by atoms with Crippen LogP contribution in [0.3, 0.4) is 0 Å². The molecule has 3 heteroatoms. The zero-order valence-corrected chi connectivity index (χ0v) is 11.5. The van der Waals surface area contributed by atoms with Gasteiger partial charge in [-0.2, -0.15) is 0 Å². The normalized spacial score (nSPS) is 36.0. The SMILES string of the molecule is CN1CCCCC1CCOC1(C)CCCNC1. The van der Waals surface area contributed by atoms with Gasteiger partial charge in [-0.15, -0.1) is 0 Å². The summed E-state index contributed by atoms with van der Waals surface area (Å²) in [6, 6.07) is 0.754. The Kier molecular flexibility index (Phi) is 4.83. The van der Waals surface area contributed by atoms with Gasteiger partial charge in [0.2, 0.25) is 0 Å². The molecule has 0 aromatic rings. The highest BCUT2D eigenvalue weighted by molar-refractivity contribution is 4.83. The second kappa shape index (κ2) is 6.17. The largest absolute Gasteiger partial charge is 0.374 e. The molecule has 0 aromatic heterocycles. The number of rotatable bonds is 4. The molecule has 0 spiro atoms. The molecule has 2 aliphatic rings. The number of hydrogen-bond acceptors (Lipinski definition) is 3. The molecule has 0 amide bonds. The van der Waals surface area contributed by atoms with Crippen LogP contribution in [0.2, 0.25) is 0 Å². The molecular weight excluding hydrogens is 212 g/mol. The molecule has 2 saturated heterocycles. The minimum absolute atomic E-state index is 0.0888. The Hall–Kier alpha value is -0.120. The van der Waals surface area contributed by atoms with E-state index < -0.39 is 0 Å². The third-order valence-electron chi connectivity index (χ3n) is 4.38. The Balaban J connectivity index is 1.67. The van der Waals surface area contributed by atoms with Gasteiger partial charge in [0.25, 0.3) is 0 Å². The van der Waals surface area contributed by atoms with Gasteiger partial charge in [-0.1, -0.05) is 6.42 Å². The van der Waals surface area contributed by atoms with Crippen molar-refractivity contribution in [3.8, 4) is 0 Å². The molecule has 100 valence electrons. The van der Waals surface area contributed by atoms with Crippen LogP contribution >= 0.6 is 0 Å². The van der Waals surface area contributed by atoms with Gasteiger partial charge in [0.1, 0.15) is 0 Å². The van der Waals surface area contributed by atoms with E-state index in [1.807, 2.05) is 0 Å². The highest BCUT2D eigenvalue weighted by Gasteiger charge is 2.28. The highest BCUT2D eigenvalue weighted by Crippen LogP contribution is 2.22. The topological polar surface area (TPSA) is 24.5 Å². The minimum atomic E-state index is 0.0888. The summed E-state index contributed by atoms with van der Waals surface area (Å²) in [7, 11) is 2.26. The fourth-order valence-electron chi connectivity index (χ4n) is 3.10. The van der Waals surface area contributed by atoms with Crippen molar-refractivity contribution in [3.05, 3.63) is 0 Å². The summed E-state index contributed by atoms with van der Waals surface area (Å²) >= 11 is 0. The van der Waals surface area contributed by atoms with Gasteiger partial charge in [-0.25, -0.2) is 0 Å². The molecule has 2 atom stereocenters. The molecule has 0 bridgehead atoms. The van der Waals surface area contributed by atoms with Crippen LogP contribution in [-0.4, -0.2) is 49.8 Å². The Morgan fingerprint density at radius 2 is 2.24 bits per heavy atom. The number of hydrogen-bond donors (Lipinski definition) is 1. The fourth-order valence-corrected chi connectivity index (χ4v) is 3.10. The van der Waals surface area contributed by atoms with Gasteiger partial charge < -0.3 is 15.0 Å². The van der Waals surface area contributed by atoms with E-state index in [4.69, 9.17) is 4.74 Å². The summed E-state index contributed by atoms with van der Waals surface area (Å²) in [5.41, 5.74) is 0.0888. The summed E-state index contributed by atoms with van der Waals surface area (Å²) in [5.74, 6) is 0. The molecule has 2 unspecified atom stereocenters. The van der Waals surface area contributed by atoms with Crippen molar-refractivity contribution in [2.75, 3.05) is 33.3 Å². The molecule has 2 rings (SSSR count). The summed E-state index contributed by atoms with van der Waals surface area (Å²) in [4.78, 5) is 2.51. The third kappa shape index (κ3) is 3.94. The van der Waals surface area contributed by atoms with Crippen LogP contribution in [0, 0.1) is 0 Å². The van der Waals surface area contributed by atoms with Crippen LogP contribution in [0.15, 0.2) is 0 Å². The molecule has 0 aromatic carbocycles. The van der Waals surface area contributed by atoms with Crippen LogP contribution < -0.4 is 5.32 Å². The van der Waals surface area contributed by atoms with Gasteiger partial charge in [-0.05, 0) is 59.2 Å². The van der Waals surface area contributed by atoms with Crippen LogP contribution in [-0.2, 0) is 4.74 Å². The zero-order chi connectivity index (χ0) is 12.1. The number of nitrogens with one attached hydrogen (secondary N) is 1. The van der Waals surface area contributed by atoms with Crippen molar-refractivity contribution in [1.82, 2.24) is 10.2 Å². The van der Waals surface area contributed by atoms with Gasteiger partial charge in [-0.3, -0.25) is 0 Å². The Morgan fingerprint density at radius 1 is 1.35 bits per heavy atom. The lowest BCUT2D eigenvalue weighted by atomic mass is 9.96. The lowest BCUT2D eigenvalue weighted by Crippen LogP contribution is -2.46. The summed E-state index contributed by atoms with van der Waals surface area (Å²) in [6.45, 7) is 6.62. The predicted molar refractivity (Wildman–Crippen MR) is 71.3 cm³/mol. The standard InChI is InChI=1S/C14H28N2O/c1-14(8-5-9-15-12-14)17-11-7-13-6-3-4-10-16(13)2/h13,15H,3-12H2,1-2H3.